The Morgan fingerprint density at radius 1 is 1.55 bits per heavy atom. The molecule has 0 saturated carbocycles. The zero-order chi connectivity index (χ0) is 14.9. The molecule has 1 amide bonds. The van der Waals surface area contributed by atoms with Gasteiger partial charge in [0.1, 0.15) is 0 Å². The van der Waals surface area contributed by atoms with E-state index in [4.69, 9.17) is 5.73 Å². The molecule has 0 aromatic heterocycles. The van der Waals surface area contributed by atoms with Gasteiger partial charge in [-0.15, -0.1) is 0 Å². The summed E-state index contributed by atoms with van der Waals surface area (Å²) in [5.41, 5.74) is 8.44. The molecule has 1 aromatic rings. The number of thioether (sulfide) groups is 1. The smallest absolute Gasteiger partial charge is 0.227 e. The van der Waals surface area contributed by atoms with Gasteiger partial charge in [-0.25, -0.2) is 0 Å². The summed E-state index contributed by atoms with van der Waals surface area (Å²) in [7, 11) is 0. The lowest BCUT2D eigenvalue weighted by atomic mass is 10.1. The second-order valence-electron chi connectivity index (χ2n) is 5.03. The normalized spacial score (nSPS) is 18.6. The zero-order valence-electron chi connectivity index (χ0n) is 11.5. The van der Waals surface area contributed by atoms with Gasteiger partial charge in [0, 0.05) is 30.1 Å². The van der Waals surface area contributed by atoms with Gasteiger partial charge in [-0.2, -0.15) is 0 Å². The molecule has 1 saturated heterocycles. The van der Waals surface area contributed by atoms with E-state index in [0.29, 0.717) is 24.4 Å². The van der Waals surface area contributed by atoms with Crippen molar-refractivity contribution >= 4 is 50.1 Å². The first kappa shape index (κ1) is 15.4. The van der Waals surface area contributed by atoms with Crippen LogP contribution in [0.25, 0.3) is 0 Å². The minimum Gasteiger partial charge on any atom is -0.397 e. The van der Waals surface area contributed by atoms with E-state index in [0.717, 1.165) is 15.7 Å². The molecule has 0 radical (unpaired) electrons. The van der Waals surface area contributed by atoms with Crippen molar-refractivity contribution in [3.8, 4) is 0 Å². The number of hydrogen-bond acceptors (Lipinski definition) is 4. The Kier molecular flexibility index (Phi) is 4.75. The average molecular weight is 357 g/mol. The molecule has 108 valence electrons. The third kappa shape index (κ3) is 3.35. The summed E-state index contributed by atoms with van der Waals surface area (Å²) in [5.74, 6) is 0.961. The van der Waals surface area contributed by atoms with Gasteiger partial charge in [0.2, 0.25) is 5.91 Å². The van der Waals surface area contributed by atoms with Gasteiger partial charge in [0.25, 0.3) is 0 Å². The highest BCUT2D eigenvalue weighted by Crippen LogP contribution is 2.35. The summed E-state index contributed by atoms with van der Waals surface area (Å²) in [5, 5.41) is 0.0914. The molecule has 1 atom stereocenters. The molecular weight excluding hydrogens is 340 g/mol. The fraction of sp³-hybridized carbons (Fsp3) is 0.429. The number of nitrogens with two attached hydrogens (primary N) is 1. The summed E-state index contributed by atoms with van der Waals surface area (Å²) < 4.78 is 0.911. The number of hydrogen-bond donors (Lipinski definition) is 1. The molecule has 1 unspecified atom stereocenters. The third-order valence-electron chi connectivity index (χ3n) is 3.35. The van der Waals surface area contributed by atoms with Gasteiger partial charge in [-0.3, -0.25) is 9.59 Å². The van der Waals surface area contributed by atoms with E-state index in [-0.39, 0.29) is 16.9 Å². The van der Waals surface area contributed by atoms with Crippen LogP contribution in [0.5, 0.6) is 0 Å². The number of halogens is 1. The Morgan fingerprint density at radius 2 is 2.25 bits per heavy atom. The number of carbonyl (C=O) groups excluding carboxylic acids is 2. The van der Waals surface area contributed by atoms with Crippen LogP contribution in [0, 0.1) is 12.8 Å². The number of rotatable bonds is 3. The second kappa shape index (κ2) is 6.18. The van der Waals surface area contributed by atoms with Crippen LogP contribution < -0.4 is 10.6 Å². The molecule has 1 aliphatic heterocycles. The van der Waals surface area contributed by atoms with Crippen LogP contribution in [-0.2, 0) is 9.59 Å². The van der Waals surface area contributed by atoms with Crippen molar-refractivity contribution < 1.29 is 9.59 Å². The van der Waals surface area contributed by atoms with Gasteiger partial charge < -0.3 is 10.6 Å². The number of aryl methyl sites for hydroxylation is 1. The van der Waals surface area contributed by atoms with Crippen molar-refractivity contribution in [1.29, 1.82) is 0 Å². The molecule has 0 bridgehead atoms. The minimum atomic E-state index is 0.0725. The summed E-state index contributed by atoms with van der Waals surface area (Å²) in [4.78, 5) is 24.9. The predicted molar refractivity (Wildman–Crippen MR) is 86.9 cm³/mol. The number of nitrogens with zero attached hydrogens (tertiary/aromatic N) is 1. The highest BCUT2D eigenvalue weighted by atomic mass is 79.9. The van der Waals surface area contributed by atoms with Crippen LogP contribution in [0.1, 0.15) is 18.9 Å². The highest BCUT2D eigenvalue weighted by Gasteiger charge is 2.32. The maximum Gasteiger partial charge on any atom is 0.227 e. The number of nitrogen functional groups attached to an aromatic ring is 1. The fourth-order valence-electron chi connectivity index (χ4n) is 2.32. The molecular formula is C14H17BrN2O2S. The van der Waals surface area contributed by atoms with Crippen LogP contribution in [0.2, 0.25) is 0 Å². The van der Waals surface area contributed by atoms with Crippen molar-refractivity contribution in [1.82, 2.24) is 0 Å². The number of benzene rings is 1. The van der Waals surface area contributed by atoms with E-state index in [1.807, 2.05) is 19.1 Å². The predicted octanol–water partition coefficient (Wildman–Crippen LogP) is 2.97. The van der Waals surface area contributed by atoms with Crippen molar-refractivity contribution in [2.24, 2.45) is 5.92 Å². The lowest BCUT2D eigenvalue weighted by Crippen LogP contribution is -2.26. The molecule has 1 heterocycles. The topological polar surface area (TPSA) is 63.4 Å². The molecule has 1 aliphatic rings. The molecule has 0 spiro atoms. The number of anilines is 2. The molecule has 0 aliphatic carbocycles. The zero-order valence-corrected chi connectivity index (χ0v) is 13.9. The van der Waals surface area contributed by atoms with E-state index < -0.39 is 0 Å². The van der Waals surface area contributed by atoms with Gasteiger partial charge in [0.15, 0.2) is 5.12 Å². The first-order chi connectivity index (χ1) is 9.38. The lowest BCUT2D eigenvalue weighted by molar-refractivity contribution is -0.117. The van der Waals surface area contributed by atoms with E-state index in [9.17, 15) is 9.59 Å². The summed E-state index contributed by atoms with van der Waals surface area (Å²) >= 11 is 4.72. The minimum absolute atomic E-state index is 0.0725. The average Bonchev–Trinajstić information content (AvgIpc) is 2.72. The standard InChI is InChI=1S/C14H17BrN2O2S/c1-8-3-11(15)5-12(14(8)16)17-6-10(4-13(17)19)7-20-9(2)18/h3,5,10H,4,6-7,16H2,1-2H3. The SMILES string of the molecule is CC(=O)SCC1CC(=O)N(c2cc(Br)cc(C)c2N)C1. The van der Waals surface area contributed by atoms with Crippen molar-refractivity contribution in [3.05, 3.63) is 22.2 Å². The van der Waals surface area contributed by atoms with E-state index >= 15 is 0 Å². The van der Waals surface area contributed by atoms with E-state index in [1.165, 1.54) is 11.8 Å². The van der Waals surface area contributed by atoms with Crippen LogP contribution in [-0.4, -0.2) is 23.3 Å². The molecule has 1 aromatic carbocycles. The van der Waals surface area contributed by atoms with Crippen molar-refractivity contribution in [3.63, 3.8) is 0 Å². The largest absolute Gasteiger partial charge is 0.397 e. The first-order valence-electron chi connectivity index (χ1n) is 6.38. The Balaban J connectivity index is 2.18. The van der Waals surface area contributed by atoms with Crippen LogP contribution >= 0.6 is 27.7 Å². The molecule has 20 heavy (non-hydrogen) atoms. The van der Waals surface area contributed by atoms with Crippen molar-refractivity contribution in [2.75, 3.05) is 22.9 Å². The summed E-state index contributed by atoms with van der Waals surface area (Å²) in [6, 6.07) is 3.81. The van der Waals surface area contributed by atoms with E-state index in [2.05, 4.69) is 15.9 Å². The monoisotopic (exact) mass is 356 g/mol. The molecule has 2 N–H and O–H groups in total. The first-order valence-corrected chi connectivity index (χ1v) is 8.15. The Hall–Kier alpha value is -1.01. The van der Waals surface area contributed by atoms with Gasteiger partial charge in [-0.05, 0) is 30.5 Å². The van der Waals surface area contributed by atoms with E-state index in [1.54, 1.807) is 11.8 Å². The lowest BCUT2D eigenvalue weighted by Gasteiger charge is -2.20. The Bertz CT molecular complexity index is 562. The van der Waals surface area contributed by atoms with Crippen molar-refractivity contribution in [2.45, 2.75) is 20.3 Å². The Morgan fingerprint density at radius 3 is 2.90 bits per heavy atom. The Labute approximate surface area is 131 Å². The van der Waals surface area contributed by atoms with Crippen LogP contribution in [0.15, 0.2) is 16.6 Å². The summed E-state index contributed by atoms with van der Waals surface area (Å²) in [6.45, 7) is 4.10. The number of carbonyl (C=O) groups is 2. The van der Waals surface area contributed by atoms with Gasteiger partial charge in [-0.1, -0.05) is 27.7 Å². The fourth-order valence-corrected chi connectivity index (χ4v) is 3.58. The third-order valence-corrected chi connectivity index (χ3v) is 4.85. The maximum atomic E-state index is 12.2. The molecule has 4 nitrogen and oxygen atoms in total. The quantitative estimate of drug-likeness (QED) is 0.845. The van der Waals surface area contributed by atoms with Crippen LogP contribution in [0.3, 0.4) is 0 Å². The van der Waals surface area contributed by atoms with Gasteiger partial charge in [0.05, 0.1) is 11.4 Å². The highest BCUT2D eigenvalue weighted by molar-refractivity contribution is 9.10. The van der Waals surface area contributed by atoms with Gasteiger partial charge >= 0.3 is 0 Å². The number of amides is 1. The molecule has 1 fully saturated rings. The molecule has 6 heteroatoms. The second-order valence-corrected chi connectivity index (χ2v) is 7.15. The van der Waals surface area contributed by atoms with Crippen LogP contribution in [0.4, 0.5) is 11.4 Å². The summed E-state index contributed by atoms with van der Waals surface area (Å²) in [6.07, 6.45) is 0.477. The molecule has 2 rings (SSSR count). The maximum absolute atomic E-state index is 12.2.